The minimum absolute atomic E-state index is 0.206. The molecule has 3 aromatic rings. The monoisotopic (exact) mass is 479 g/mol. The van der Waals surface area contributed by atoms with Crippen molar-refractivity contribution in [2.75, 3.05) is 31.5 Å². The van der Waals surface area contributed by atoms with Gasteiger partial charge in [-0.15, -0.1) is 0 Å². The quantitative estimate of drug-likeness (QED) is 0.554. The molecule has 1 aliphatic heterocycles. The Balaban J connectivity index is 1.44. The number of nitriles is 1. The molecule has 9 heteroatoms. The molecule has 1 N–H and O–H groups in total. The van der Waals surface area contributed by atoms with E-state index < -0.39 is 11.7 Å². The van der Waals surface area contributed by atoms with Crippen molar-refractivity contribution in [3.8, 4) is 6.07 Å². The van der Waals surface area contributed by atoms with Crippen LogP contribution < -0.4 is 5.32 Å². The Bertz CT molecular complexity index is 1220. The molecule has 180 valence electrons. The maximum Gasteiger partial charge on any atom is 0.416 e. The third-order valence-electron chi connectivity index (χ3n) is 5.86. The molecule has 1 amide bonds. The fourth-order valence-corrected chi connectivity index (χ4v) is 4.03. The van der Waals surface area contributed by atoms with Crippen LogP contribution in [0.3, 0.4) is 0 Å². The molecule has 0 aliphatic carbocycles. The molecule has 35 heavy (non-hydrogen) atoms. The van der Waals surface area contributed by atoms with E-state index in [1.54, 1.807) is 29.2 Å². The van der Waals surface area contributed by atoms with Crippen molar-refractivity contribution in [2.24, 2.45) is 0 Å². The zero-order valence-electron chi connectivity index (χ0n) is 18.9. The Morgan fingerprint density at radius 2 is 1.83 bits per heavy atom. The van der Waals surface area contributed by atoms with E-state index in [0.717, 1.165) is 37.2 Å². The number of amides is 1. The van der Waals surface area contributed by atoms with Gasteiger partial charge in [-0.1, -0.05) is 18.2 Å². The first-order chi connectivity index (χ1) is 16.8. The van der Waals surface area contributed by atoms with Gasteiger partial charge in [0, 0.05) is 44.6 Å². The van der Waals surface area contributed by atoms with Crippen LogP contribution >= 0.6 is 0 Å². The smallest absolute Gasteiger partial charge is 0.340 e. The van der Waals surface area contributed by atoms with E-state index in [-0.39, 0.29) is 17.4 Å². The van der Waals surface area contributed by atoms with E-state index >= 15 is 0 Å². The minimum atomic E-state index is -4.46. The Hall–Kier alpha value is -3.90. The second-order valence-corrected chi connectivity index (χ2v) is 8.33. The zero-order chi connectivity index (χ0) is 24.8. The SMILES string of the molecule is N#Cc1ccc(CN2CCCN(C(=O)c3cccnc3Nc3cccc(C(F)(F)F)c3)CC2)cc1. The fraction of sp³-hybridized carbons (Fsp3) is 0.269. The van der Waals surface area contributed by atoms with Crippen LogP contribution in [0, 0.1) is 11.3 Å². The van der Waals surface area contributed by atoms with Gasteiger partial charge in [-0.25, -0.2) is 4.98 Å². The maximum atomic E-state index is 13.3. The predicted octanol–water partition coefficient (Wildman–Crippen LogP) is 5.06. The van der Waals surface area contributed by atoms with Gasteiger partial charge in [-0.3, -0.25) is 9.69 Å². The molecule has 0 radical (unpaired) electrons. The number of carbonyl (C=O) groups is 1. The Morgan fingerprint density at radius 3 is 2.57 bits per heavy atom. The van der Waals surface area contributed by atoms with E-state index in [9.17, 15) is 18.0 Å². The van der Waals surface area contributed by atoms with E-state index in [1.165, 1.54) is 18.3 Å². The average Bonchev–Trinajstić information content (AvgIpc) is 3.10. The number of nitrogens with zero attached hydrogens (tertiary/aromatic N) is 4. The molecule has 0 bridgehead atoms. The van der Waals surface area contributed by atoms with Crippen LogP contribution in [0.1, 0.15) is 33.5 Å². The van der Waals surface area contributed by atoms with Gasteiger partial charge in [-0.05, 0) is 54.4 Å². The summed E-state index contributed by atoms with van der Waals surface area (Å²) in [7, 11) is 0. The van der Waals surface area contributed by atoms with Crippen LogP contribution in [0.25, 0.3) is 0 Å². The summed E-state index contributed by atoms with van der Waals surface area (Å²) in [6.07, 6.45) is -2.18. The first-order valence-corrected chi connectivity index (χ1v) is 11.2. The maximum absolute atomic E-state index is 13.3. The number of nitrogens with one attached hydrogen (secondary N) is 1. The Labute approximate surface area is 201 Å². The summed E-state index contributed by atoms with van der Waals surface area (Å²) >= 11 is 0. The predicted molar refractivity (Wildman–Crippen MR) is 126 cm³/mol. The topological polar surface area (TPSA) is 72.3 Å². The first kappa shape index (κ1) is 24.2. The van der Waals surface area contributed by atoms with Crippen LogP contribution in [0.15, 0.2) is 66.9 Å². The lowest BCUT2D eigenvalue weighted by atomic mass is 10.1. The summed E-state index contributed by atoms with van der Waals surface area (Å²) in [4.78, 5) is 21.6. The molecule has 4 rings (SSSR count). The molecule has 0 atom stereocenters. The number of pyridine rings is 1. The van der Waals surface area contributed by atoms with E-state index in [4.69, 9.17) is 5.26 Å². The normalized spacial score (nSPS) is 14.7. The van der Waals surface area contributed by atoms with Crippen LogP contribution in [-0.2, 0) is 12.7 Å². The van der Waals surface area contributed by atoms with Gasteiger partial charge in [-0.2, -0.15) is 18.4 Å². The number of hydrogen-bond donors (Lipinski definition) is 1. The highest BCUT2D eigenvalue weighted by Crippen LogP contribution is 2.31. The van der Waals surface area contributed by atoms with Gasteiger partial charge in [0.25, 0.3) is 5.91 Å². The van der Waals surface area contributed by atoms with Gasteiger partial charge < -0.3 is 10.2 Å². The summed E-state index contributed by atoms with van der Waals surface area (Å²) in [6.45, 7) is 3.32. The molecule has 1 fully saturated rings. The number of alkyl halides is 3. The number of halogens is 3. The minimum Gasteiger partial charge on any atom is -0.340 e. The molecule has 1 saturated heterocycles. The standard InChI is InChI=1S/C26H24F3N5O/c27-26(28,29)21-4-1-5-22(16-21)32-24-23(6-2-11-31-24)25(35)34-13-3-12-33(14-15-34)18-20-9-7-19(17-30)8-10-20/h1-2,4-11,16H,3,12-15,18H2,(H,31,32). The van der Waals surface area contributed by atoms with Crippen molar-refractivity contribution in [1.29, 1.82) is 5.26 Å². The highest BCUT2D eigenvalue weighted by Gasteiger charge is 2.30. The third kappa shape index (κ3) is 6.16. The molecule has 2 aromatic carbocycles. The lowest BCUT2D eigenvalue weighted by molar-refractivity contribution is -0.137. The fourth-order valence-electron chi connectivity index (χ4n) is 4.03. The van der Waals surface area contributed by atoms with Gasteiger partial charge in [0.05, 0.1) is 22.8 Å². The van der Waals surface area contributed by atoms with Gasteiger partial charge in [0.2, 0.25) is 0 Å². The van der Waals surface area contributed by atoms with E-state index in [1.807, 2.05) is 12.1 Å². The molecule has 0 unspecified atom stereocenters. The highest BCUT2D eigenvalue weighted by molar-refractivity contribution is 5.99. The summed E-state index contributed by atoms with van der Waals surface area (Å²) in [5, 5.41) is 11.8. The Morgan fingerprint density at radius 1 is 1.03 bits per heavy atom. The second-order valence-electron chi connectivity index (χ2n) is 8.33. The molecule has 6 nitrogen and oxygen atoms in total. The van der Waals surface area contributed by atoms with E-state index in [2.05, 4.69) is 21.3 Å². The van der Waals surface area contributed by atoms with Crippen molar-refractivity contribution >= 4 is 17.4 Å². The van der Waals surface area contributed by atoms with Crippen molar-refractivity contribution in [3.05, 3.63) is 89.1 Å². The number of benzene rings is 2. The molecule has 1 aromatic heterocycles. The molecular formula is C26H24F3N5O. The molecule has 0 spiro atoms. The zero-order valence-corrected chi connectivity index (χ0v) is 18.9. The van der Waals surface area contributed by atoms with Crippen molar-refractivity contribution in [2.45, 2.75) is 19.1 Å². The first-order valence-electron chi connectivity index (χ1n) is 11.2. The largest absolute Gasteiger partial charge is 0.416 e. The lowest BCUT2D eigenvalue weighted by Crippen LogP contribution is -2.35. The third-order valence-corrected chi connectivity index (χ3v) is 5.86. The number of hydrogen-bond acceptors (Lipinski definition) is 5. The van der Waals surface area contributed by atoms with Gasteiger partial charge in [0.1, 0.15) is 5.82 Å². The summed E-state index contributed by atoms with van der Waals surface area (Å²) in [5.41, 5.74) is 1.46. The molecule has 0 saturated carbocycles. The number of carbonyl (C=O) groups excluding carboxylic acids is 1. The van der Waals surface area contributed by atoms with Crippen molar-refractivity contribution in [3.63, 3.8) is 0 Å². The second kappa shape index (κ2) is 10.6. The lowest BCUT2D eigenvalue weighted by Gasteiger charge is -2.23. The summed E-state index contributed by atoms with van der Waals surface area (Å²) in [5.74, 6) is 0.00306. The summed E-state index contributed by atoms with van der Waals surface area (Å²) < 4.78 is 39.2. The molecule has 1 aliphatic rings. The number of aromatic nitrogens is 1. The van der Waals surface area contributed by atoms with Crippen LogP contribution in [0.2, 0.25) is 0 Å². The van der Waals surface area contributed by atoms with Gasteiger partial charge >= 0.3 is 6.18 Å². The van der Waals surface area contributed by atoms with Gasteiger partial charge in [0.15, 0.2) is 0 Å². The average molecular weight is 480 g/mol. The Kier molecular flexibility index (Phi) is 7.32. The molecule has 2 heterocycles. The molecular weight excluding hydrogens is 455 g/mol. The highest BCUT2D eigenvalue weighted by atomic mass is 19.4. The van der Waals surface area contributed by atoms with Crippen molar-refractivity contribution < 1.29 is 18.0 Å². The van der Waals surface area contributed by atoms with Crippen LogP contribution in [0.4, 0.5) is 24.7 Å². The number of anilines is 2. The van der Waals surface area contributed by atoms with E-state index in [0.29, 0.717) is 30.8 Å². The number of rotatable bonds is 5. The van der Waals surface area contributed by atoms with Crippen LogP contribution in [-0.4, -0.2) is 46.9 Å². The van der Waals surface area contributed by atoms with Crippen molar-refractivity contribution in [1.82, 2.24) is 14.8 Å². The summed E-state index contributed by atoms with van der Waals surface area (Å²) in [6, 6.07) is 17.7. The van der Waals surface area contributed by atoms with Crippen LogP contribution in [0.5, 0.6) is 0 Å².